The van der Waals surface area contributed by atoms with Crippen LogP contribution in [0.25, 0.3) is 11.1 Å². The van der Waals surface area contributed by atoms with Crippen molar-refractivity contribution in [3.63, 3.8) is 0 Å². The summed E-state index contributed by atoms with van der Waals surface area (Å²) >= 11 is 0. The summed E-state index contributed by atoms with van der Waals surface area (Å²) in [6.45, 7) is 0.645. The summed E-state index contributed by atoms with van der Waals surface area (Å²) in [5, 5.41) is 12.7. The minimum atomic E-state index is -3.65. The molecule has 31 heavy (non-hydrogen) atoms. The number of hydrogen-bond donors (Lipinski definition) is 2. The molecule has 2 aliphatic rings. The van der Waals surface area contributed by atoms with Gasteiger partial charge in [0.2, 0.25) is 15.9 Å². The van der Waals surface area contributed by atoms with Crippen LogP contribution in [0.15, 0.2) is 59.5 Å². The SMILES string of the molecule is O=C(NC1CCC(O)CC1)C1CCCN(S(=O)(=O)c2ccc(-c3ccccc3)cc2)C1. The summed E-state index contributed by atoms with van der Waals surface area (Å²) in [5.41, 5.74) is 2.00. The van der Waals surface area contributed by atoms with Crippen molar-refractivity contribution in [1.82, 2.24) is 9.62 Å². The third kappa shape index (κ3) is 5.17. The number of aliphatic hydroxyl groups is 1. The molecular weight excluding hydrogens is 412 g/mol. The first-order chi connectivity index (χ1) is 14.9. The van der Waals surface area contributed by atoms with Crippen LogP contribution in [-0.2, 0) is 14.8 Å². The Bertz CT molecular complexity index is 984. The van der Waals surface area contributed by atoms with Crippen LogP contribution in [0.4, 0.5) is 0 Å². The molecule has 7 heteroatoms. The Hall–Kier alpha value is -2.22. The number of carbonyl (C=O) groups excluding carboxylic acids is 1. The Morgan fingerprint density at radius 1 is 0.903 bits per heavy atom. The molecule has 1 unspecified atom stereocenters. The molecule has 0 aromatic heterocycles. The maximum absolute atomic E-state index is 13.2. The molecule has 0 bridgehead atoms. The van der Waals surface area contributed by atoms with Crippen molar-refractivity contribution in [3.8, 4) is 11.1 Å². The lowest BCUT2D eigenvalue weighted by atomic mass is 9.92. The van der Waals surface area contributed by atoms with E-state index in [1.54, 1.807) is 12.1 Å². The second-order valence-electron chi connectivity index (χ2n) is 8.61. The van der Waals surface area contributed by atoms with E-state index in [-0.39, 0.29) is 35.4 Å². The lowest BCUT2D eigenvalue weighted by Gasteiger charge is -2.33. The van der Waals surface area contributed by atoms with Gasteiger partial charge in [0, 0.05) is 19.1 Å². The van der Waals surface area contributed by atoms with E-state index in [0.717, 1.165) is 24.0 Å². The van der Waals surface area contributed by atoms with Gasteiger partial charge in [-0.3, -0.25) is 4.79 Å². The lowest BCUT2D eigenvalue weighted by Crippen LogP contribution is -2.48. The van der Waals surface area contributed by atoms with Gasteiger partial charge in [0.05, 0.1) is 16.9 Å². The van der Waals surface area contributed by atoms with Crippen molar-refractivity contribution in [2.24, 2.45) is 5.92 Å². The third-order valence-electron chi connectivity index (χ3n) is 6.40. The largest absolute Gasteiger partial charge is 0.393 e. The van der Waals surface area contributed by atoms with Crippen LogP contribution >= 0.6 is 0 Å². The smallest absolute Gasteiger partial charge is 0.243 e. The number of benzene rings is 2. The fraction of sp³-hybridized carbons (Fsp3) is 0.458. The Kier molecular flexibility index (Phi) is 6.74. The number of sulfonamides is 1. The van der Waals surface area contributed by atoms with Gasteiger partial charge in [0.1, 0.15) is 0 Å². The molecule has 1 amide bonds. The molecular formula is C24H30N2O4S. The highest BCUT2D eigenvalue weighted by atomic mass is 32.2. The average molecular weight is 443 g/mol. The van der Waals surface area contributed by atoms with Crippen molar-refractivity contribution in [2.45, 2.75) is 55.6 Å². The molecule has 4 rings (SSSR count). The predicted molar refractivity (Wildman–Crippen MR) is 120 cm³/mol. The first-order valence-corrected chi connectivity index (χ1v) is 12.5. The molecule has 0 spiro atoms. The molecule has 1 saturated heterocycles. The molecule has 0 radical (unpaired) electrons. The number of nitrogens with zero attached hydrogens (tertiary/aromatic N) is 1. The average Bonchev–Trinajstić information content (AvgIpc) is 2.81. The number of hydrogen-bond acceptors (Lipinski definition) is 4. The maximum Gasteiger partial charge on any atom is 0.243 e. The Morgan fingerprint density at radius 3 is 2.23 bits per heavy atom. The van der Waals surface area contributed by atoms with E-state index in [1.807, 2.05) is 42.5 Å². The Labute approximate surface area is 184 Å². The maximum atomic E-state index is 13.2. The topological polar surface area (TPSA) is 86.7 Å². The van der Waals surface area contributed by atoms with E-state index < -0.39 is 10.0 Å². The van der Waals surface area contributed by atoms with E-state index in [4.69, 9.17) is 0 Å². The molecule has 2 fully saturated rings. The van der Waals surface area contributed by atoms with Crippen LogP contribution < -0.4 is 5.32 Å². The number of aliphatic hydroxyl groups excluding tert-OH is 1. The minimum absolute atomic E-state index is 0.0688. The highest BCUT2D eigenvalue weighted by molar-refractivity contribution is 7.89. The normalized spacial score (nSPS) is 25.1. The van der Waals surface area contributed by atoms with Crippen molar-refractivity contribution in [3.05, 3.63) is 54.6 Å². The standard InChI is InChI=1S/C24H30N2O4S/c27-22-12-10-21(11-13-22)25-24(28)20-7-4-16-26(17-20)31(29,30)23-14-8-19(9-15-23)18-5-2-1-3-6-18/h1-3,5-6,8-9,14-15,20-22,27H,4,7,10-13,16-17H2,(H,25,28). The highest BCUT2D eigenvalue weighted by Gasteiger charge is 2.34. The van der Waals surface area contributed by atoms with Gasteiger partial charge in [-0.05, 0) is 61.8 Å². The molecule has 1 atom stereocenters. The van der Waals surface area contributed by atoms with Crippen molar-refractivity contribution >= 4 is 15.9 Å². The fourth-order valence-electron chi connectivity index (χ4n) is 4.51. The van der Waals surface area contributed by atoms with E-state index >= 15 is 0 Å². The highest BCUT2D eigenvalue weighted by Crippen LogP contribution is 2.27. The molecule has 1 saturated carbocycles. The van der Waals surface area contributed by atoms with Gasteiger partial charge >= 0.3 is 0 Å². The molecule has 166 valence electrons. The number of nitrogens with one attached hydrogen (secondary N) is 1. The van der Waals surface area contributed by atoms with Gasteiger partial charge in [0.25, 0.3) is 0 Å². The zero-order valence-corrected chi connectivity index (χ0v) is 18.4. The molecule has 6 nitrogen and oxygen atoms in total. The van der Waals surface area contributed by atoms with Crippen LogP contribution in [0.3, 0.4) is 0 Å². The summed E-state index contributed by atoms with van der Waals surface area (Å²) in [6, 6.07) is 16.9. The third-order valence-corrected chi connectivity index (χ3v) is 8.28. The first-order valence-electron chi connectivity index (χ1n) is 11.1. The number of rotatable bonds is 5. The second kappa shape index (κ2) is 9.51. The molecule has 2 aromatic carbocycles. The van der Waals surface area contributed by atoms with E-state index in [2.05, 4.69) is 5.32 Å². The summed E-state index contributed by atoms with van der Waals surface area (Å²) in [7, 11) is -3.65. The molecule has 1 heterocycles. The summed E-state index contributed by atoms with van der Waals surface area (Å²) in [5.74, 6) is -0.403. The van der Waals surface area contributed by atoms with Crippen LogP contribution in [-0.4, -0.2) is 49.0 Å². The quantitative estimate of drug-likeness (QED) is 0.745. The zero-order chi connectivity index (χ0) is 21.8. The van der Waals surface area contributed by atoms with Gasteiger partial charge in [-0.25, -0.2) is 8.42 Å². The van der Waals surface area contributed by atoms with Crippen LogP contribution in [0.1, 0.15) is 38.5 Å². The molecule has 1 aliphatic carbocycles. The van der Waals surface area contributed by atoms with Crippen LogP contribution in [0, 0.1) is 5.92 Å². The van der Waals surface area contributed by atoms with Gasteiger partial charge < -0.3 is 10.4 Å². The zero-order valence-electron chi connectivity index (χ0n) is 17.6. The van der Waals surface area contributed by atoms with Crippen LogP contribution in [0.5, 0.6) is 0 Å². The second-order valence-corrected chi connectivity index (χ2v) is 10.5. The van der Waals surface area contributed by atoms with Gasteiger partial charge in [0.15, 0.2) is 0 Å². The minimum Gasteiger partial charge on any atom is -0.393 e. The van der Waals surface area contributed by atoms with Crippen molar-refractivity contribution in [2.75, 3.05) is 13.1 Å². The molecule has 1 aliphatic heterocycles. The lowest BCUT2D eigenvalue weighted by molar-refractivity contribution is -0.127. The fourth-order valence-corrected chi connectivity index (χ4v) is 6.04. The Morgan fingerprint density at radius 2 is 1.55 bits per heavy atom. The first kappa shape index (κ1) is 22.0. The van der Waals surface area contributed by atoms with E-state index in [0.29, 0.717) is 32.2 Å². The van der Waals surface area contributed by atoms with E-state index in [1.165, 1.54) is 4.31 Å². The monoisotopic (exact) mass is 442 g/mol. The van der Waals surface area contributed by atoms with Crippen molar-refractivity contribution < 1.29 is 18.3 Å². The Balaban J connectivity index is 1.41. The number of carbonyl (C=O) groups is 1. The summed E-state index contributed by atoms with van der Waals surface area (Å²) < 4.78 is 27.8. The number of piperidine rings is 1. The number of amides is 1. The van der Waals surface area contributed by atoms with Gasteiger partial charge in [-0.2, -0.15) is 4.31 Å². The summed E-state index contributed by atoms with van der Waals surface area (Å²) in [4.78, 5) is 13.0. The van der Waals surface area contributed by atoms with Crippen LogP contribution in [0.2, 0.25) is 0 Å². The van der Waals surface area contributed by atoms with E-state index in [9.17, 15) is 18.3 Å². The predicted octanol–water partition coefficient (Wildman–Crippen LogP) is 3.17. The molecule has 2 N–H and O–H groups in total. The van der Waals surface area contributed by atoms with Crippen molar-refractivity contribution in [1.29, 1.82) is 0 Å². The van der Waals surface area contributed by atoms with Gasteiger partial charge in [-0.1, -0.05) is 42.5 Å². The molecule has 2 aromatic rings. The van der Waals surface area contributed by atoms with Gasteiger partial charge in [-0.15, -0.1) is 0 Å². The summed E-state index contributed by atoms with van der Waals surface area (Å²) in [6.07, 6.45) is 4.05.